The molecule has 2 aromatic rings. The van der Waals surface area contributed by atoms with Crippen molar-refractivity contribution in [2.24, 2.45) is 17.8 Å². The Morgan fingerprint density at radius 1 is 1.18 bits per heavy atom. The first kappa shape index (κ1) is 28.7. The van der Waals surface area contributed by atoms with Crippen molar-refractivity contribution in [1.82, 2.24) is 9.80 Å². The van der Waals surface area contributed by atoms with E-state index in [2.05, 4.69) is 36.9 Å². The summed E-state index contributed by atoms with van der Waals surface area (Å²) in [5.41, 5.74) is 1.87. The van der Waals surface area contributed by atoms with Crippen LogP contribution < -0.4 is 4.74 Å². The summed E-state index contributed by atoms with van der Waals surface area (Å²) in [6.45, 7) is 8.02. The van der Waals surface area contributed by atoms with Gasteiger partial charge in [-0.3, -0.25) is 4.79 Å². The minimum atomic E-state index is -0.482. The first-order valence-electron chi connectivity index (χ1n) is 14.5. The van der Waals surface area contributed by atoms with Crippen LogP contribution in [-0.2, 0) is 16.6 Å². The summed E-state index contributed by atoms with van der Waals surface area (Å²) in [5, 5.41) is 12.7. The molecule has 5 rings (SSSR count). The highest BCUT2D eigenvalue weighted by molar-refractivity contribution is 6.42. The second kappa shape index (κ2) is 12.0. The van der Waals surface area contributed by atoms with E-state index in [4.69, 9.17) is 27.9 Å². The monoisotopic (exact) mass is 572 g/mol. The number of carbonyl (C=O) groups is 1. The molecule has 1 heterocycles. The number of nitrogens with zero attached hydrogens (tertiary/aromatic N) is 2. The zero-order valence-electron chi connectivity index (χ0n) is 23.4. The van der Waals surface area contributed by atoms with E-state index in [1.807, 2.05) is 17.0 Å². The maximum absolute atomic E-state index is 13.9. The lowest BCUT2D eigenvalue weighted by Gasteiger charge is -2.56. The zero-order valence-corrected chi connectivity index (χ0v) is 24.9. The number of likely N-dealkylation sites (tertiary alicyclic amines) is 1. The van der Waals surface area contributed by atoms with Gasteiger partial charge in [0.15, 0.2) is 0 Å². The number of piperidine rings is 1. The van der Waals surface area contributed by atoms with Crippen LogP contribution in [0.3, 0.4) is 0 Å². The van der Waals surface area contributed by atoms with Crippen LogP contribution in [0.2, 0.25) is 10.0 Å². The van der Waals surface area contributed by atoms with Crippen molar-refractivity contribution in [2.45, 2.75) is 69.9 Å². The van der Waals surface area contributed by atoms with Gasteiger partial charge in [-0.25, -0.2) is 0 Å². The third-order valence-corrected chi connectivity index (χ3v) is 9.88. The molecule has 2 saturated carbocycles. The van der Waals surface area contributed by atoms with Crippen LogP contribution in [0.4, 0.5) is 0 Å². The Bertz CT molecular complexity index is 1170. The Morgan fingerprint density at radius 3 is 2.67 bits per heavy atom. The predicted octanol–water partition coefficient (Wildman–Crippen LogP) is 6.22. The molecular formula is C32H42Cl2N2O3. The van der Waals surface area contributed by atoms with Gasteiger partial charge in [0.05, 0.1) is 29.7 Å². The van der Waals surface area contributed by atoms with Crippen LogP contribution in [0.5, 0.6) is 5.75 Å². The number of benzene rings is 2. The fraction of sp³-hybridized carbons (Fsp3) is 0.594. The van der Waals surface area contributed by atoms with E-state index >= 15 is 0 Å². The largest absolute Gasteiger partial charge is 0.497 e. The molecule has 1 unspecified atom stereocenters. The average Bonchev–Trinajstić information content (AvgIpc) is 3.73. The predicted molar refractivity (Wildman–Crippen MR) is 158 cm³/mol. The van der Waals surface area contributed by atoms with Gasteiger partial charge < -0.3 is 19.6 Å². The van der Waals surface area contributed by atoms with Gasteiger partial charge in [-0.15, -0.1) is 0 Å². The van der Waals surface area contributed by atoms with Crippen LogP contribution >= 0.6 is 23.2 Å². The van der Waals surface area contributed by atoms with E-state index in [1.165, 1.54) is 18.4 Å². The molecule has 3 fully saturated rings. The highest BCUT2D eigenvalue weighted by atomic mass is 35.5. The SMILES string of the molecule is COc1cccc([C@@]23CCN(CC4CC4)C[C@H]2C(O)C[C@@H](N(CC(C)C)C(=O)Cc2ccc(Cl)c(Cl)c2)C3)c1. The minimum absolute atomic E-state index is 0.0462. The Balaban J connectivity index is 1.45. The molecule has 3 aliphatic rings. The summed E-state index contributed by atoms with van der Waals surface area (Å²) in [6, 6.07) is 13.8. The molecule has 1 saturated heterocycles. The van der Waals surface area contributed by atoms with E-state index in [9.17, 15) is 9.90 Å². The molecule has 2 aliphatic carbocycles. The number of halogens is 2. The summed E-state index contributed by atoms with van der Waals surface area (Å²) in [7, 11) is 1.71. The van der Waals surface area contributed by atoms with Gasteiger partial charge in [0.25, 0.3) is 0 Å². The number of hydrogen-bond acceptors (Lipinski definition) is 4. The molecule has 39 heavy (non-hydrogen) atoms. The number of hydrogen-bond donors (Lipinski definition) is 1. The van der Waals surface area contributed by atoms with Gasteiger partial charge in [0.1, 0.15) is 5.75 Å². The van der Waals surface area contributed by atoms with Crippen molar-refractivity contribution >= 4 is 29.1 Å². The third kappa shape index (κ3) is 6.43. The Labute approximate surface area is 243 Å². The lowest BCUT2D eigenvalue weighted by Crippen LogP contribution is -2.62. The second-order valence-electron chi connectivity index (χ2n) is 12.5. The number of rotatable bonds is 9. The maximum atomic E-state index is 13.9. The summed E-state index contributed by atoms with van der Waals surface area (Å²) >= 11 is 12.4. The summed E-state index contributed by atoms with van der Waals surface area (Å²) in [4.78, 5) is 18.5. The first-order valence-corrected chi connectivity index (χ1v) is 15.2. The lowest BCUT2D eigenvalue weighted by atomic mass is 9.56. The van der Waals surface area contributed by atoms with Gasteiger partial charge in [-0.1, -0.05) is 55.2 Å². The minimum Gasteiger partial charge on any atom is -0.497 e. The van der Waals surface area contributed by atoms with Crippen molar-refractivity contribution in [3.05, 3.63) is 63.6 Å². The summed E-state index contributed by atoms with van der Waals surface area (Å²) in [5.74, 6) is 2.17. The second-order valence-corrected chi connectivity index (χ2v) is 13.3. The number of carbonyl (C=O) groups excluding carboxylic acids is 1. The quantitative estimate of drug-likeness (QED) is 0.387. The Hall–Kier alpha value is -1.79. The number of fused-ring (bicyclic) bond motifs is 1. The molecule has 4 atom stereocenters. The van der Waals surface area contributed by atoms with E-state index in [0.29, 0.717) is 28.9 Å². The smallest absolute Gasteiger partial charge is 0.227 e. The molecule has 1 N–H and O–H groups in total. The van der Waals surface area contributed by atoms with Crippen LogP contribution in [0.1, 0.15) is 57.1 Å². The van der Waals surface area contributed by atoms with Gasteiger partial charge in [0, 0.05) is 37.0 Å². The van der Waals surface area contributed by atoms with E-state index in [0.717, 1.165) is 49.7 Å². The third-order valence-electron chi connectivity index (χ3n) is 9.14. The van der Waals surface area contributed by atoms with Crippen LogP contribution in [0.15, 0.2) is 42.5 Å². The molecule has 0 aromatic heterocycles. The molecule has 0 radical (unpaired) electrons. The zero-order chi connectivity index (χ0) is 27.7. The number of aliphatic hydroxyl groups excluding tert-OH is 1. The van der Waals surface area contributed by atoms with Crippen molar-refractivity contribution < 1.29 is 14.6 Å². The highest BCUT2D eigenvalue weighted by Gasteiger charge is 2.53. The number of ether oxygens (including phenoxy) is 1. The molecule has 212 valence electrons. The standard InChI is InChI=1S/C32H42Cl2N2O3/c1-21(2)18-36(31(38)14-23-9-10-28(33)29(34)13-23)25-16-30(37)27-20-35(19-22-7-8-22)12-11-32(27,17-25)24-5-4-6-26(15-24)39-3/h4-6,9-10,13,15,21-22,25,27,30,37H,7-8,11-12,14,16-20H2,1-3H3/t25-,27+,30?,32+/m1/s1. The van der Waals surface area contributed by atoms with Gasteiger partial charge in [-0.05, 0) is 85.9 Å². The van der Waals surface area contributed by atoms with E-state index < -0.39 is 6.10 Å². The van der Waals surface area contributed by atoms with E-state index in [1.54, 1.807) is 19.2 Å². The fourth-order valence-corrected chi connectivity index (χ4v) is 7.35. The first-order chi connectivity index (χ1) is 18.7. The van der Waals surface area contributed by atoms with Crippen LogP contribution in [0, 0.1) is 17.8 Å². The van der Waals surface area contributed by atoms with Crippen molar-refractivity contribution in [3.8, 4) is 5.75 Å². The normalized spacial score (nSPS) is 27.3. The average molecular weight is 574 g/mol. The molecule has 1 amide bonds. The fourth-order valence-electron chi connectivity index (χ4n) is 7.03. The van der Waals surface area contributed by atoms with Crippen LogP contribution in [0.25, 0.3) is 0 Å². The number of aliphatic hydroxyl groups is 1. The number of amides is 1. The van der Waals surface area contributed by atoms with Crippen molar-refractivity contribution in [2.75, 3.05) is 33.3 Å². The lowest BCUT2D eigenvalue weighted by molar-refractivity contribution is -0.138. The topological polar surface area (TPSA) is 53.0 Å². The molecule has 2 aromatic carbocycles. The van der Waals surface area contributed by atoms with Gasteiger partial charge in [0.2, 0.25) is 5.91 Å². The van der Waals surface area contributed by atoms with Gasteiger partial charge >= 0.3 is 0 Å². The number of methoxy groups -OCH3 is 1. The highest BCUT2D eigenvalue weighted by Crippen LogP contribution is 2.51. The van der Waals surface area contributed by atoms with Crippen molar-refractivity contribution in [1.29, 1.82) is 0 Å². The maximum Gasteiger partial charge on any atom is 0.227 e. The molecule has 0 bridgehead atoms. The molecule has 7 heteroatoms. The molecule has 0 spiro atoms. The molecular weight excluding hydrogens is 531 g/mol. The Morgan fingerprint density at radius 2 is 1.97 bits per heavy atom. The van der Waals surface area contributed by atoms with Crippen LogP contribution in [-0.4, -0.2) is 66.2 Å². The van der Waals surface area contributed by atoms with Gasteiger partial charge in [-0.2, -0.15) is 0 Å². The summed E-state index contributed by atoms with van der Waals surface area (Å²) in [6.07, 6.45) is 4.87. The van der Waals surface area contributed by atoms with E-state index in [-0.39, 0.29) is 29.7 Å². The molecule has 1 aliphatic heterocycles. The van der Waals surface area contributed by atoms with Crippen molar-refractivity contribution in [3.63, 3.8) is 0 Å². The Kier molecular flexibility index (Phi) is 8.83. The summed E-state index contributed by atoms with van der Waals surface area (Å²) < 4.78 is 5.62. The molecule has 5 nitrogen and oxygen atoms in total.